The molecule has 0 spiro atoms. The third-order valence-electron chi connectivity index (χ3n) is 2.97. The molecule has 19 heavy (non-hydrogen) atoms. The Hall–Kier alpha value is -2.18. The van der Waals surface area contributed by atoms with Crippen LogP contribution in [-0.4, -0.2) is 45.5 Å². The molecule has 1 amide bonds. The number of hydrogen-bond donors (Lipinski definition) is 2. The van der Waals surface area contributed by atoms with Crippen molar-refractivity contribution in [1.82, 2.24) is 15.3 Å². The second-order valence-electron chi connectivity index (χ2n) is 4.36. The molecule has 0 aliphatic carbocycles. The lowest BCUT2D eigenvalue weighted by Crippen LogP contribution is -2.28. The van der Waals surface area contributed by atoms with Gasteiger partial charge in [0.25, 0.3) is 5.91 Å². The summed E-state index contributed by atoms with van der Waals surface area (Å²) in [6.07, 6.45) is 1.07. The van der Waals surface area contributed by atoms with Gasteiger partial charge in [-0.2, -0.15) is 5.10 Å². The Kier molecular flexibility index (Phi) is 3.02. The number of aromatic nitrogens is 2. The SMILES string of the molecule is O=C(c1ccc(-c2ccn[nH]2)cc1)N1CC(O)CO1. The maximum Gasteiger partial charge on any atom is 0.277 e. The zero-order valence-electron chi connectivity index (χ0n) is 10.1. The van der Waals surface area contributed by atoms with E-state index in [0.29, 0.717) is 5.56 Å². The fraction of sp³-hybridized carbons (Fsp3) is 0.231. The standard InChI is InChI=1S/C13H13N3O3/c17-11-7-16(19-8-11)13(18)10-3-1-9(2-4-10)12-5-6-14-15-12/h1-6,11,17H,7-8H2,(H,14,15). The number of carbonyl (C=O) groups excluding carboxylic acids is 1. The average Bonchev–Trinajstić information content (AvgIpc) is 3.09. The van der Waals surface area contributed by atoms with Crippen LogP contribution in [0, 0.1) is 0 Å². The van der Waals surface area contributed by atoms with Crippen molar-refractivity contribution in [2.45, 2.75) is 6.10 Å². The molecule has 2 aromatic rings. The quantitative estimate of drug-likeness (QED) is 0.837. The van der Waals surface area contributed by atoms with Crippen LogP contribution in [0.3, 0.4) is 0 Å². The van der Waals surface area contributed by atoms with E-state index in [1.165, 1.54) is 5.06 Å². The van der Waals surface area contributed by atoms with Crippen LogP contribution >= 0.6 is 0 Å². The number of β-amino-alcohol motifs (C(OH)–C–C–N with tert-alkyl or cyclic N) is 1. The first kappa shape index (κ1) is 11.9. The van der Waals surface area contributed by atoms with Gasteiger partial charge >= 0.3 is 0 Å². The van der Waals surface area contributed by atoms with Crippen LogP contribution in [-0.2, 0) is 4.84 Å². The molecule has 1 aromatic carbocycles. The highest BCUT2D eigenvalue weighted by molar-refractivity contribution is 5.94. The summed E-state index contributed by atoms with van der Waals surface area (Å²) in [4.78, 5) is 17.2. The number of nitrogens with zero attached hydrogens (tertiary/aromatic N) is 2. The van der Waals surface area contributed by atoms with E-state index in [-0.39, 0.29) is 19.1 Å². The van der Waals surface area contributed by atoms with E-state index in [9.17, 15) is 9.90 Å². The molecule has 1 unspecified atom stereocenters. The largest absolute Gasteiger partial charge is 0.389 e. The van der Waals surface area contributed by atoms with Crippen molar-refractivity contribution in [2.24, 2.45) is 0 Å². The molecule has 3 rings (SSSR count). The lowest BCUT2D eigenvalue weighted by atomic mass is 10.1. The second kappa shape index (κ2) is 4.83. The molecule has 6 nitrogen and oxygen atoms in total. The minimum absolute atomic E-state index is 0.165. The van der Waals surface area contributed by atoms with Crippen molar-refractivity contribution in [2.75, 3.05) is 13.2 Å². The summed E-state index contributed by atoms with van der Waals surface area (Å²) in [5.41, 5.74) is 2.38. The number of hydrogen-bond acceptors (Lipinski definition) is 4. The molecule has 1 aromatic heterocycles. The first-order valence-corrected chi connectivity index (χ1v) is 5.97. The van der Waals surface area contributed by atoms with Crippen LogP contribution in [0.25, 0.3) is 11.3 Å². The fourth-order valence-corrected chi connectivity index (χ4v) is 1.97. The molecule has 1 aliphatic rings. The third kappa shape index (κ3) is 2.35. The van der Waals surface area contributed by atoms with Gasteiger partial charge in [-0.3, -0.25) is 14.7 Å². The van der Waals surface area contributed by atoms with Crippen LogP contribution < -0.4 is 0 Å². The predicted octanol–water partition coefficient (Wildman–Crippen LogP) is 0.825. The van der Waals surface area contributed by atoms with E-state index in [1.54, 1.807) is 18.3 Å². The van der Waals surface area contributed by atoms with Crippen molar-refractivity contribution in [1.29, 1.82) is 0 Å². The van der Waals surface area contributed by atoms with E-state index in [2.05, 4.69) is 10.2 Å². The molecule has 2 heterocycles. The minimum atomic E-state index is -0.604. The number of aliphatic hydroxyl groups excluding tert-OH is 1. The molecular weight excluding hydrogens is 246 g/mol. The Labute approximate surface area is 109 Å². The van der Waals surface area contributed by atoms with Gasteiger partial charge in [0, 0.05) is 11.8 Å². The van der Waals surface area contributed by atoms with E-state index < -0.39 is 6.10 Å². The van der Waals surface area contributed by atoms with Crippen molar-refractivity contribution in [3.05, 3.63) is 42.1 Å². The lowest BCUT2D eigenvalue weighted by molar-refractivity contribution is -0.0779. The molecule has 6 heteroatoms. The Balaban J connectivity index is 1.77. The van der Waals surface area contributed by atoms with Gasteiger partial charge < -0.3 is 5.11 Å². The number of carbonyl (C=O) groups is 1. The van der Waals surface area contributed by atoms with Crippen LogP contribution in [0.2, 0.25) is 0 Å². The predicted molar refractivity (Wildman–Crippen MR) is 67.0 cm³/mol. The van der Waals surface area contributed by atoms with E-state index in [1.807, 2.05) is 18.2 Å². The van der Waals surface area contributed by atoms with Gasteiger partial charge in [0.15, 0.2) is 0 Å². The summed E-state index contributed by atoms with van der Waals surface area (Å²) in [6.45, 7) is 0.374. The lowest BCUT2D eigenvalue weighted by Gasteiger charge is -2.13. The summed E-state index contributed by atoms with van der Waals surface area (Å²) in [5, 5.41) is 17.3. The van der Waals surface area contributed by atoms with Crippen LogP contribution in [0.5, 0.6) is 0 Å². The molecule has 1 saturated heterocycles. The first-order chi connectivity index (χ1) is 9.24. The average molecular weight is 259 g/mol. The van der Waals surface area contributed by atoms with Gasteiger partial charge in [0.05, 0.1) is 12.2 Å². The number of nitrogens with one attached hydrogen (secondary N) is 1. The van der Waals surface area contributed by atoms with Crippen molar-refractivity contribution in [3.8, 4) is 11.3 Å². The molecule has 0 bridgehead atoms. The normalized spacial score (nSPS) is 18.8. The first-order valence-electron chi connectivity index (χ1n) is 5.97. The fourth-order valence-electron chi connectivity index (χ4n) is 1.97. The van der Waals surface area contributed by atoms with Crippen molar-refractivity contribution < 1.29 is 14.7 Å². The van der Waals surface area contributed by atoms with Gasteiger partial charge in [-0.15, -0.1) is 0 Å². The topological polar surface area (TPSA) is 78.5 Å². The molecule has 1 aliphatic heterocycles. The summed E-state index contributed by atoms with van der Waals surface area (Å²) in [5.74, 6) is -0.243. The number of hydroxylamine groups is 2. The Morgan fingerprint density at radius 1 is 1.37 bits per heavy atom. The highest BCUT2D eigenvalue weighted by Gasteiger charge is 2.26. The Morgan fingerprint density at radius 3 is 2.74 bits per heavy atom. The van der Waals surface area contributed by atoms with Gasteiger partial charge in [0.1, 0.15) is 12.7 Å². The maximum absolute atomic E-state index is 12.1. The number of H-pyrrole nitrogens is 1. The van der Waals surface area contributed by atoms with Gasteiger partial charge in [-0.25, -0.2) is 5.06 Å². The summed E-state index contributed by atoms with van der Waals surface area (Å²) in [6, 6.07) is 9.00. The summed E-state index contributed by atoms with van der Waals surface area (Å²) in [7, 11) is 0. The maximum atomic E-state index is 12.1. The number of amides is 1. The zero-order chi connectivity index (χ0) is 13.2. The van der Waals surface area contributed by atoms with Crippen molar-refractivity contribution in [3.63, 3.8) is 0 Å². The summed E-state index contributed by atoms with van der Waals surface area (Å²) < 4.78 is 0. The Bertz CT molecular complexity index is 565. The highest BCUT2D eigenvalue weighted by Crippen LogP contribution is 2.18. The smallest absolute Gasteiger partial charge is 0.277 e. The van der Waals surface area contributed by atoms with Gasteiger partial charge in [-0.05, 0) is 23.8 Å². The van der Waals surface area contributed by atoms with Crippen molar-refractivity contribution >= 4 is 5.91 Å². The van der Waals surface area contributed by atoms with Crippen LogP contribution in [0.1, 0.15) is 10.4 Å². The van der Waals surface area contributed by atoms with Gasteiger partial charge in [-0.1, -0.05) is 12.1 Å². The third-order valence-corrected chi connectivity index (χ3v) is 2.97. The summed E-state index contributed by atoms with van der Waals surface area (Å²) >= 11 is 0. The molecule has 98 valence electrons. The molecule has 1 atom stereocenters. The van der Waals surface area contributed by atoms with E-state index in [0.717, 1.165) is 11.3 Å². The van der Waals surface area contributed by atoms with Gasteiger partial charge in [0.2, 0.25) is 0 Å². The second-order valence-corrected chi connectivity index (χ2v) is 4.36. The van der Waals surface area contributed by atoms with Crippen LogP contribution in [0.4, 0.5) is 0 Å². The number of rotatable bonds is 2. The number of aromatic amines is 1. The zero-order valence-corrected chi connectivity index (χ0v) is 10.1. The minimum Gasteiger partial charge on any atom is -0.389 e. The van der Waals surface area contributed by atoms with E-state index >= 15 is 0 Å². The van der Waals surface area contributed by atoms with E-state index in [4.69, 9.17) is 4.84 Å². The molecular formula is C13H13N3O3. The number of aliphatic hydroxyl groups is 1. The monoisotopic (exact) mass is 259 g/mol. The molecule has 1 fully saturated rings. The molecule has 0 saturated carbocycles. The van der Waals surface area contributed by atoms with Crippen LogP contribution in [0.15, 0.2) is 36.5 Å². The highest BCUT2D eigenvalue weighted by atomic mass is 16.7. The Morgan fingerprint density at radius 2 is 2.16 bits per heavy atom. The number of benzene rings is 1. The molecule has 0 radical (unpaired) electrons. The molecule has 2 N–H and O–H groups in total.